The summed E-state index contributed by atoms with van der Waals surface area (Å²) in [6.07, 6.45) is 3.23. The summed E-state index contributed by atoms with van der Waals surface area (Å²) in [5, 5.41) is 2.74. The van der Waals surface area contributed by atoms with Crippen molar-refractivity contribution in [2.45, 2.75) is 19.4 Å². The molecule has 7 heteroatoms. The molecule has 1 aliphatic rings. The van der Waals surface area contributed by atoms with E-state index in [0.717, 1.165) is 0 Å². The molecule has 1 saturated heterocycles. The minimum absolute atomic E-state index is 0.125. The molecule has 0 bridgehead atoms. The second-order valence-electron chi connectivity index (χ2n) is 4.04. The summed E-state index contributed by atoms with van der Waals surface area (Å²) in [6, 6.07) is -0.439. The molecular weight excluding hydrogens is 234 g/mol. The number of hydrogen-bond acceptors (Lipinski definition) is 5. The van der Waals surface area contributed by atoms with Crippen LogP contribution in [0.3, 0.4) is 0 Å². The van der Waals surface area contributed by atoms with Crippen LogP contribution in [0.2, 0.25) is 0 Å². The van der Waals surface area contributed by atoms with Gasteiger partial charge < -0.3 is 16.0 Å². The second kappa shape index (κ2) is 4.99. The Balaban J connectivity index is 2.21. The maximum absolute atomic E-state index is 12.2. The number of carbonyl (C=O) groups excluding carboxylic acids is 2. The van der Waals surface area contributed by atoms with Gasteiger partial charge in [0.15, 0.2) is 0 Å². The molecule has 1 aromatic rings. The first-order chi connectivity index (χ1) is 8.63. The molecule has 18 heavy (non-hydrogen) atoms. The number of nitrogens with one attached hydrogen (secondary N) is 1. The molecule has 0 radical (unpaired) electrons. The number of hydrogen-bond donors (Lipinski definition) is 2. The lowest BCUT2D eigenvalue weighted by Gasteiger charge is -2.34. The predicted molar refractivity (Wildman–Crippen MR) is 64.6 cm³/mol. The van der Waals surface area contributed by atoms with Gasteiger partial charge >= 0.3 is 0 Å². The highest BCUT2D eigenvalue weighted by atomic mass is 16.2. The average Bonchev–Trinajstić information content (AvgIpc) is 2.38. The van der Waals surface area contributed by atoms with Crippen LogP contribution in [0, 0.1) is 0 Å². The zero-order valence-corrected chi connectivity index (χ0v) is 10.1. The van der Waals surface area contributed by atoms with Crippen LogP contribution < -0.4 is 11.1 Å². The number of piperazine rings is 1. The van der Waals surface area contributed by atoms with Gasteiger partial charge in [0, 0.05) is 13.1 Å². The largest absolute Gasteiger partial charge is 0.382 e. The van der Waals surface area contributed by atoms with Gasteiger partial charge in [0.2, 0.25) is 5.91 Å². The zero-order chi connectivity index (χ0) is 13.1. The summed E-state index contributed by atoms with van der Waals surface area (Å²) in [4.78, 5) is 33.2. The fraction of sp³-hybridized carbons (Fsp3) is 0.455. The van der Waals surface area contributed by atoms with Crippen molar-refractivity contribution >= 4 is 17.6 Å². The topological polar surface area (TPSA) is 101 Å². The van der Waals surface area contributed by atoms with Crippen LogP contribution in [-0.2, 0) is 4.79 Å². The van der Waals surface area contributed by atoms with E-state index in [4.69, 9.17) is 5.73 Å². The average molecular weight is 249 g/mol. The van der Waals surface area contributed by atoms with Gasteiger partial charge in [-0.2, -0.15) is 0 Å². The molecule has 1 aromatic heterocycles. The maximum atomic E-state index is 12.2. The zero-order valence-electron chi connectivity index (χ0n) is 10.1. The molecule has 0 spiro atoms. The molecule has 2 amide bonds. The molecule has 1 aliphatic heterocycles. The van der Waals surface area contributed by atoms with E-state index in [1.807, 2.05) is 6.92 Å². The number of nitrogens with two attached hydrogens (primary N) is 1. The first kappa shape index (κ1) is 12.3. The first-order valence-corrected chi connectivity index (χ1v) is 5.79. The molecule has 1 fully saturated rings. The number of amides is 2. The van der Waals surface area contributed by atoms with E-state index in [2.05, 4.69) is 15.3 Å². The highest BCUT2D eigenvalue weighted by molar-refractivity contribution is 5.96. The van der Waals surface area contributed by atoms with Crippen molar-refractivity contribution in [2.24, 2.45) is 0 Å². The Morgan fingerprint density at radius 1 is 1.56 bits per heavy atom. The Hall–Kier alpha value is -2.18. The quantitative estimate of drug-likeness (QED) is 0.729. The standard InChI is InChI=1S/C11H15N5O2/c1-2-8-10(17)13-3-4-16(8)11(18)7-5-15-9(12)6-14-7/h5-6,8H,2-4H2,1H3,(H2,12,15)(H,13,17). The maximum Gasteiger partial charge on any atom is 0.274 e. The monoisotopic (exact) mass is 249 g/mol. The smallest absolute Gasteiger partial charge is 0.274 e. The third kappa shape index (κ3) is 2.24. The lowest BCUT2D eigenvalue weighted by molar-refractivity contribution is -0.127. The Morgan fingerprint density at radius 2 is 2.33 bits per heavy atom. The summed E-state index contributed by atoms with van der Waals surface area (Å²) in [7, 11) is 0. The van der Waals surface area contributed by atoms with Crippen LogP contribution in [0.1, 0.15) is 23.8 Å². The van der Waals surface area contributed by atoms with Crippen LogP contribution in [0.25, 0.3) is 0 Å². The van der Waals surface area contributed by atoms with E-state index in [0.29, 0.717) is 19.5 Å². The third-order valence-corrected chi connectivity index (χ3v) is 2.87. The van der Waals surface area contributed by atoms with Crippen molar-refractivity contribution in [3.63, 3.8) is 0 Å². The fourth-order valence-corrected chi connectivity index (χ4v) is 1.96. The van der Waals surface area contributed by atoms with Gasteiger partial charge in [-0.3, -0.25) is 9.59 Å². The Bertz CT molecular complexity index is 459. The van der Waals surface area contributed by atoms with Gasteiger partial charge in [0.05, 0.1) is 12.4 Å². The number of anilines is 1. The lowest BCUT2D eigenvalue weighted by Crippen LogP contribution is -2.57. The molecule has 0 saturated carbocycles. The van der Waals surface area contributed by atoms with E-state index in [-0.39, 0.29) is 23.3 Å². The lowest BCUT2D eigenvalue weighted by atomic mass is 10.1. The number of nitrogens with zero attached hydrogens (tertiary/aromatic N) is 3. The molecule has 0 aliphatic carbocycles. The molecule has 1 unspecified atom stereocenters. The van der Waals surface area contributed by atoms with E-state index in [1.54, 1.807) is 0 Å². The summed E-state index contributed by atoms with van der Waals surface area (Å²) in [5.74, 6) is -0.153. The molecular formula is C11H15N5O2. The Morgan fingerprint density at radius 3 is 2.94 bits per heavy atom. The Kier molecular flexibility index (Phi) is 3.40. The first-order valence-electron chi connectivity index (χ1n) is 5.79. The highest BCUT2D eigenvalue weighted by Crippen LogP contribution is 2.12. The summed E-state index contributed by atoms with van der Waals surface area (Å²) >= 11 is 0. The summed E-state index contributed by atoms with van der Waals surface area (Å²) in [5.41, 5.74) is 5.62. The van der Waals surface area contributed by atoms with E-state index in [1.165, 1.54) is 17.3 Å². The normalized spacial score (nSPS) is 19.5. The minimum Gasteiger partial charge on any atom is -0.382 e. The highest BCUT2D eigenvalue weighted by Gasteiger charge is 2.32. The molecule has 2 heterocycles. The van der Waals surface area contributed by atoms with Crippen molar-refractivity contribution in [1.82, 2.24) is 20.2 Å². The van der Waals surface area contributed by atoms with E-state index in [9.17, 15) is 9.59 Å². The molecule has 0 aromatic carbocycles. The van der Waals surface area contributed by atoms with Gasteiger partial charge in [-0.15, -0.1) is 0 Å². The van der Waals surface area contributed by atoms with Crippen molar-refractivity contribution in [3.8, 4) is 0 Å². The minimum atomic E-state index is -0.439. The SMILES string of the molecule is CCC1C(=O)NCCN1C(=O)c1cnc(N)cn1. The van der Waals surface area contributed by atoms with Gasteiger partial charge in [-0.1, -0.05) is 6.92 Å². The third-order valence-electron chi connectivity index (χ3n) is 2.87. The van der Waals surface area contributed by atoms with Gasteiger partial charge in [-0.25, -0.2) is 9.97 Å². The fourth-order valence-electron chi connectivity index (χ4n) is 1.96. The van der Waals surface area contributed by atoms with Crippen molar-refractivity contribution in [2.75, 3.05) is 18.8 Å². The van der Waals surface area contributed by atoms with Crippen LogP contribution in [0.4, 0.5) is 5.82 Å². The van der Waals surface area contributed by atoms with Crippen molar-refractivity contribution in [1.29, 1.82) is 0 Å². The molecule has 2 rings (SSSR count). The van der Waals surface area contributed by atoms with Gasteiger partial charge in [0.25, 0.3) is 5.91 Å². The van der Waals surface area contributed by atoms with Crippen LogP contribution >= 0.6 is 0 Å². The predicted octanol–water partition coefficient (Wildman–Crippen LogP) is -0.591. The van der Waals surface area contributed by atoms with Crippen LogP contribution in [-0.4, -0.2) is 45.8 Å². The molecule has 1 atom stereocenters. The summed E-state index contributed by atoms with van der Waals surface area (Å²) < 4.78 is 0. The van der Waals surface area contributed by atoms with E-state index < -0.39 is 6.04 Å². The van der Waals surface area contributed by atoms with Crippen LogP contribution in [0.15, 0.2) is 12.4 Å². The number of nitrogen functional groups attached to an aromatic ring is 1. The van der Waals surface area contributed by atoms with Gasteiger partial charge in [-0.05, 0) is 6.42 Å². The second-order valence-corrected chi connectivity index (χ2v) is 4.04. The number of aromatic nitrogens is 2. The molecule has 7 nitrogen and oxygen atoms in total. The number of carbonyl (C=O) groups is 2. The molecule has 3 N–H and O–H groups in total. The number of rotatable bonds is 2. The van der Waals surface area contributed by atoms with Crippen molar-refractivity contribution in [3.05, 3.63) is 18.1 Å². The Labute approximate surface area is 104 Å². The molecule has 96 valence electrons. The van der Waals surface area contributed by atoms with Gasteiger partial charge in [0.1, 0.15) is 17.6 Å². The van der Waals surface area contributed by atoms with Crippen LogP contribution in [0.5, 0.6) is 0 Å². The van der Waals surface area contributed by atoms with Crippen molar-refractivity contribution < 1.29 is 9.59 Å². The van der Waals surface area contributed by atoms with E-state index >= 15 is 0 Å². The summed E-state index contributed by atoms with van der Waals surface area (Å²) in [6.45, 7) is 2.81.